The zero-order valence-corrected chi connectivity index (χ0v) is 12.3. The van der Waals surface area contributed by atoms with Crippen molar-refractivity contribution in [2.24, 2.45) is 0 Å². The first-order valence-corrected chi connectivity index (χ1v) is 8.09. The monoisotopic (exact) mass is 303 g/mol. The molecule has 0 unspecified atom stereocenters. The van der Waals surface area contributed by atoms with Crippen LogP contribution in [0.1, 0.15) is 11.1 Å². The Morgan fingerprint density at radius 1 is 1.00 bits per heavy atom. The Morgan fingerprint density at radius 2 is 1.67 bits per heavy atom. The van der Waals surface area contributed by atoms with Crippen molar-refractivity contribution in [2.75, 3.05) is 11.3 Å². The van der Waals surface area contributed by atoms with Gasteiger partial charge in [0.1, 0.15) is 0 Å². The molecule has 2 rings (SSSR count). The molecule has 21 heavy (non-hydrogen) atoms. The van der Waals surface area contributed by atoms with E-state index in [1.54, 1.807) is 30.3 Å². The van der Waals surface area contributed by atoms with Crippen molar-refractivity contribution in [2.45, 2.75) is 6.42 Å². The topological polar surface area (TPSA) is 66.4 Å². The Labute approximate surface area is 124 Å². The van der Waals surface area contributed by atoms with Crippen LogP contribution in [-0.2, 0) is 16.4 Å². The molecular formula is C16H17NO3S. The maximum Gasteiger partial charge on any atom is 0.255 e. The van der Waals surface area contributed by atoms with Crippen LogP contribution >= 0.6 is 0 Å². The van der Waals surface area contributed by atoms with Crippen molar-refractivity contribution in [3.05, 3.63) is 71.1 Å². The molecule has 0 saturated carbocycles. The van der Waals surface area contributed by atoms with Gasteiger partial charge in [-0.25, -0.2) is 8.42 Å². The molecule has 0 heterocycles. The predicted octanol–water partition coefficient (Wildman–Crippen LogP) is 2.63. The molecule has 0 spiro atoms. The van der Waals surface area contributed by atoms with E-state index in [0.29, 0.717) is 12.1 Å². The first-order chi connectivity index (χ1) is 10.1. The standard InChI is InChI=1S/C16H17NO3S/c18-12-10-15-6-8-16(9-7-15)17-21(19,20)13-11-14-4-2-1-3-5-14/h1-9,11,13,17-18H,10,12H2/b13-11+. The van der Waals surface area contributed by atoms with Crippen LogP contribution < -0.4 is 4.72 Å². The molecule has 4 nitrogen and oxygen atoms in total. The van der Waals surface area contributed by atoms with Gasteiger partial charge in [0.2, 0.25) is 0 Å². The first-order valence-electron chi connectivity index (χ1n) is 6.55. The number of anilines is 1. The predicted molar refractivity (Wildman–Crippen MR) is 85.3 cm³/mol. The lowest BCUT2D eigenvalue weighted by Crippen LogP contribution is -2.08. The molecule has 0 aliphatic rings. The first kappa shape index (κ1) is 15.3. The Hall–Kier alpha value is -2.11. The zero-order valence-electron chi connectivity index (χ0n) is 11.4. The van der Waals surface area contributed by atoms with Crippen molar-refractivity contribution < 1.29 is 13.5 Å². The lowest BCUT2D eigenvalue weighted by atomic mass is 10.1. The quantitative estimate of drug-likeness (QED) is 0.862. The van der Waals surface area contributed by atoms with Gasteiger partial charge in [-0.1, -0.05) is 42.5 Å². The van der Waals surface area contributed by atoms with Gasteiger partial charge in [0, 0.05) is 12.3 Å². The van der Waals surface area contributed by atoms with Gasteiger partial charge in [-0.3, -0.25) is 4.72 Å². The van der Waals surface area contributed by atoms with Gasteiger partial charge in [-0.15, -0.1) is 0 Å². The fourth-order valence-corrected chi connectivity index (χ4v) is 2.67. The van der Waals surface area contributed by atoms with E-state index >= 15 is 0 Å². The summed E-state index contributed by atoms with van der Waals surface area (Å²) in [5, 5.41) is 9.98. The normalized spacial score (nSPS) is 11.7. The number of benzene rings is 2. The van der Waals surface area contributed by atoms with E-state index in [0.717, 1.165) is 16.5 Å². The second kappa shape index (κ2) is 7.06. The van der Waals surface area contributed by atoms with E-state index < -0.39 is 10.0 Å². The van der Waals surface area contributed by atoms with Crippen LogP contribution in [0.4, 0.5) is 5.69 Å². The molecule has 0 aromatic heterocycles. The average molecular weight is 303 g/mol. The van der Waals surface area contributed by atoms with Crippen molar-refractivity contribution >= 4 is 21.8 Å². The molecule has 0 aliphatic carbocycles. The number of hydrogen-bond acceptors (Lipinski definition) is 3. The third kappa shape index (κ3) is 5.06. The summed E-state index contributed by atoms with van der Waals surface area (Å²) >= 11 is 0. The highest BCUT2D eigenvalue weighted by molar-refractivity contribution is 7.95. The fourth-order valence-electron chi connectivity index (χ4n) is 1.80. The third-order valence-electron chi connectivity index (χ3n) is 2.85. The summed E-state index contributed by atoms with van der Waals surface area (Å²) < 4.78 is 26.4. The number of rotatable bonds is 6. The van der Waals surface area contributed by atoms with Gasteiger partial charge >= 0.3 is 0 Å². The Bertz CT molecular complexity index is 692. The minimum atomic E-state index is -3.54. The van der Waals surface area contributed by atoms with Gasteiger partial charge < -0.3 is 5.11 Å². The van der Waals surface area contributed by atoms with E-state index in [2.05, 4.69) is 4.72 Å². The molecule has 0 atom stereocenters. The van der Waals surface area contributed by atoms with E-state index in [-0.39, 0.29) is 6.61 Å². The van der Waals surface area contributed by atoms with Crippen LogP contribution in [0.5, 0.6) is 0 Å². The number of aliphatic hydroxyl groups is 1. The molecule has 0 bridgehead atoms. The van der Waals surface area contributed by atoms with Crippen LogP contribution in [0.25, 0.3) is 6.08 Å². The molecule has 0 radical (unpaired) electrons. The summed E-state index contributed by atoms with van der Waals surface area (Å²) in [7, 11) is -3.54. The summed E-state index contributed by atoms with van der Waals surface area (Å²) in [6, 6.07) is 16.2. The maximum absolute atomic E-state index is 11.9. The van der Waals surface area contributed by atoms with Gasteiger partial charge in [0.05, 0.1) is 5.41 Å². The molecule has 0 amide bonds. The van der Waals surface area contributed by atoms with E-state index in [1.807, 2.05) is 30.3 Å². The average Bonchev–Trinajstić information content (AvgIpc) is 2.48. The largest absolute Gasteiger partial charge is 0.396 e. The van der Waals surface area contributed by atoms with Crippen LogP contribution in [0.2, 0.25) is 0 Å². The number of sulfonamides is 1. The molecule has 0 aliphatic heterocycles. The summed E-state index contributed by atoms with van der Waals surface area (Å²) in [6.45, 7) is 0.0743. The molecular weight excluding hydrogens is 286 g/mol. The van der Waals surface area contributed by atoms with Gasteiger partial charge in [0.15, 0.2) is 0 Å². The minimum Gasteiger partial charge on any atom is -0.396 e. The molecule has 0 saturated heterocycles. The fraction of sp³-hybridized carbons (Fsp3) is 0.125. The number of nitrogens with one attached hydrogen (secondary N) is 1. The lowest BCUT2D eigenvalue weighted by molar-refractivity contribution is 0.299. The molecule has 2 N–H and O–H groups in total. The third-order valence-corrected chi connectivity index (χ3v) is 3.87. The van der Waals surface area contributed by atoms with Crippen molar-refractivity contribution in [3.63, 3.8) is 0 Å². The summed E-state index contributed by atoms with van der Waals surface area (Å²) in [5.74, 6) is 0. The van der Waals surface area contributed by atoms with Gasteiger partial charge in [-0.05, 0) is 35.8 Å². The summed E-state index contributed by atoms with van der Waals surface area (Å²) in [4.78, 5) is 0. The van der Waals surface area contributed by atoms with Crippen LogP contribution in [-0.4, -0.2) is 20.1 Å². The Morgan fingerprint density at radius 3 is 2.29 bits per heavy atom. The molecule has 0 fully saturated rings. The molecule has 110 valence electrons. The van der Waals surface area contributed by atoms with Crippen LogP contribution in [0.3, 0.4) is 0 Å². The zero-order chi connectivity index (χ0) is 15.1. The van der Waals surface area contributed by atoms with E-state index in [9.17, 15) is 8.42 Å². The maximum atomic E-state index is 11.9. The van der Waals surface area contributed by atoms with E-state index in [1.165, 1.54) is 0 Å². The second-order valence-corrected chi connectivity index (χ2v) is 6.10. The van der Waals surface area contributed by atoms with Gasteiger partial charge in [0.25, 0.3) is 10.0 Å². The molecule has 5 heteroatoms. The van der Waals surface area contributed by atoms with Crippen LogP contribution in [0.15, 0.2) is 60.0 Å². The highest BCUT2D eigenvalue weighted by atomic mass is 32.2. The lowest BCUT2D eigenvalue weighted by Gasteiger charge is -2.05. The number of hydrogen-bond donors (Lipinski definition) is 2. The summed E-state index contributed by atoms with van der Waals surface area (Å²) in [5.41, 5.74) is 2.27. The van der Waals surface area contributed by atoms with Crippen LogP contribution in [0, 0.1) is 0 Å². The van der Waals surface area contributed by atoms with Crippen molar-refractivity contribution in [1.82, 2.24) is 0 Å². The van der Waals surface area contributed by atoms with E-state index in [4.69, 9.17) is 5.11 Å². The smallest absolute Gasteiger partial charge is 0.255 e. The van der Waals surface area contributed by atoms with Gasteiger partial charge in [-0.2, -0.15) is 0 Å². The minimum absolute atomic E-state index is 0.0743. The highest BCUT2D eigenvalue weighted by Crippen LogP contribution is 2.13. The van der Waals surface area contributed by atoms with Crippen molar-refractivity contribution in [1.29, 1.82) is 0 Å². The Kier molecular flexibility index (Phi) is 5.14. The SMILES string of the molecule is O=S(=O)(/C=C/c1ccccc1)Nc1ccc(CCO)cc1. The highest BCUT2D eigenvalue weighted by Gasteiger charge is 2.05. The number of aliphatic hydroxyl groups excluding tert-OH is 1. The molecule has 2 aromatic rings. The Balaban J connectivity index is 2.05. The van der Waals surface area contributed by atoms with Crippen molar-refractivity contribution in [3.8, 4) is 0 Å². The molecule has 2 aromatic carbocycles. The second-order valence-electron chi connectivity index (χ2n) is 4.53. The summed E-state index contributed by atoms with van der Waals surface area (Å²) in [6.07, 6.45) is 2.10.